The van der Waals surface area contributed by atoms with Crippen molar-refractivity contribution in [3.05, 3.63) is 52.8 Å². The first-order valence-corrected chi connectivity index (χ1v) is 6.10. The highest BCUT2D eigenvalue weighted by Crippen LogP contribution is 2.25. The fourth-order valence-electron chi connectivity index (χ4n) is 1.88. The van der Waals surface area contributed by atoms with Crippen molar-refractivity contribution in [2.45, 2.75) is 6.92 Å². The van der Waals surface area contributed by atoms with Crippen LogP contribution in [0.4, 0.5) is 0 Å². The van der Waals surface area contributed by atoms with E-state index in [2.05, 4.69) is 45.1 Å². The number of nitrogens with zero attached hydrogens (tertiary/aromatic N) is 3. The number of aromatic nitrogens is 3. The molecule has 0 spiro atoms. The monoisotopic (exact) mass is 287 g/mol. The normalized spacial score (nSPS) is 10.9. The van der Waals surface area contributed by atoms with Crippen LogP contribution in [0.25, 0.3) is 16.9 Å². The van der Waals surface area contributed by atoms with Gasteiger partial charge in [0, 0.05) is 28.5 Å². The zero-order chi connectivity index (χ0) is 11.8. The molecule has 0 aliphatic heterocycles. The van der Waals surface area contributed by atoms with Gasteiger partial charge in [-0.05, 0) is 30.7 Å². The highest BCUT2D eigenvalue weighted by molar-refractivity contribution is 9.10. The van der Waals surface area contributed by atoms with E-state index in [1.807, 2.05) is 24.4 Å². The van der Waals surface area contributed by atoms with Crippen LogP contribution in [0.15, 0.2) is 47.2 Å². The van der Waals surface area contributed by atoms with E-state index in [4.69, 9.17) is 0 Å². The molecule has 0 aliphatic rings. The van der Waals surface area contributed by atoms with Crippen LogP contribution in [-0.2, 0) is 0 Å². The van der Waals surface area contributed by atoms with Crippen LogP contribution in [0.1, 0.15) is 5.56 Å². The maximum Gasteiger partial charge on any atom is 0.155 e. The van der Waals surface area contributed by atoms with Gasteiger partial charge in [-0.1, -0.05) is 22.0 Å². The summed E-state index contributed by atoms with van der Waals surface area (Å²) in [5.41, 5.74) is 4.15. The lowest BCUT2D eigenvalue weighted by molar-refractivity contribution is 0.942. The van der Waals surface area contributed by atoms with Crippen molar-refractivity contribution in [3.63, 3.8) is 0 Å². The van der Waals surface area contributed by atoms with Crippen LogP contribution in [-0.4, -0.2) is 14.6 Å². The second kappa shape index (κ2) is 3.96. The number of hydrogen-bond acceptors (Lipinski definition) is 2. The molecule has 0 N–H and O–H groups in total. The number of halogens is 1. The number of benzene rings is 1. The molecule has 3 aromatic rings. The van der Waals surface area contributed by atoms with Gasteiger partial charge in [-0.2, -0.15) is 5.10 Å². The van der Waals surface area contributed by atoms with E-state index in [9.17, 15) is 0 Å². The third-order valence-electron chi connectivity index (χ3n) is 2.70. The molecule has 0 aliphatic carbocycles. The molecule has 0 amide bonds. The van der Waals surface area contributed by atoms with Gasteiger partial charge in [0.25, 0.3) is 0 Å². The molecule has 0 fully saturated rings. The molecule has 0 radical (unpaired) electrons. The fraction of sp³-hybridized carbons (Fsp3) is 0.0769. The maximum atomic E-state index is 4.51. The van der Waals surface area contributed by atoms with Gasteiger partial charge in [0.15, 0.2) is 5.65 Å². The minimum atomic E-state index is 0.866. The van der Waals surface area contributed by atoms with Crippen molar-refractivity contribution in [2.24, 2.45) is 0 Å². The predicted octanol–water partition coefficient (Wildman–Crippen LogP) is 3.47. The lowest BCUT2D eigenvalue weighted by atomic mass is 10.1. The maximum absolute atomic E-state index is 4.51. The van der Waals surface area contributed by atoms with Gasteiger partial charge in [-0.25, -0.2) is 9.50 Å². The predicted molar refractivity (Wildman–Crippen MR) is 70.9 cm³/mol. The first-order valence-electron chi connectivity index (χ1n) is 5.31. The summed E-state index contributed by atoms with van der Waals surface area (Å²) in [5, 5.41) is 4.51. The molecule has 84 valence electrons. The van der Waals surface area contributed by atoms with Crippen molar-refractivity contribution in [1.82, 2.24) is 14.6 Å². The smallest absolute Gasteiger partial charge is 0.155 e. The summed E-state index contributed by atoms with van der Waals surface area (Å²) in [7, 11) is 0. The molecule has 0 saturated heterocycles. The van der Waals surface area contributed by atoms with Crippen molar-refractivity contribution in [3.8, 4) is 11.3 Å². The van der Waals surface area contributed by atoms with Gasteiger partial charge >= 0.3 is 0 Å². The Morgan fingerprint density at radius 3 is 2.88 bits per heavy atom. The Morgan fingerprint density at radius 2 is 2.12 bits per heavy atom. The van der Waals surface area contributed by atoms with Gasteiger partial charge in [0.1, 0.15) is 0 Å². The molecule has 0 unspecified atom stereocenters. The summed E-state index contributed by atoms with van der Waals surface area (Å²) >= 11 is 3.47. The zero-order valence-corrected chi connectivity index (χ0v) is 10.8. The number of fused-ring (bicyclic) bond motifs is 1. The van der Waals surface area contributed by atoms with Crippen LogP contribution in [0.2, 0.25) is 0 Å². The van der Waals surface area contributed by atoms with Crippen molar-refractivity contribution >= 4 is 21.6 Å². The molecule has 3 nitrogen and oxygen atoms in total. The second-order valence-corrected chi connectivity index (χ2v) is 4.83. The zero-order valence-electron chi connectivity index (χ0n) is 9.26. The molecule has 0 atom stereocenters. The molecule has 17 heavy (non-hydrogen) atoms. The van der Waals surface area contributed by atoms with Gasteiger partial charge in [0.05, 0.1) is 5.69 Å². The highest BCUT2D eigenvalue weighted by Gasteiger charge is 2.07. The third-order valence-corrected chi connectivity index (χ3v) is 3.19. The highest BCUT2D eigenvalue weighted by atomic mass is 79.9. The molecule has 0 bridgehead atoms. The van der Waals surface area contributed by atoms with Crippen LogP contribution < -0.4 is 0 Å². The van der Waals surface area contributed by atoms with Crippen LogP contribution in [0, 0.1) is 6.92 Å². The van der Waals surface area contributed by atoms with Crippen LogP contribution >= 0.6 is 15.9 Å². The first kappa shape index (κ1) is 10.5. The number of hydrogen-bond donors (Lipinski definition) is 0. The Labute approximate surface area is 107 Å². The molecular formula is C13H10BrN3. The lowest BCUT2D eigenvalue weighted by Crippen LogP contribution is -1.88. The van der Waals surface area contributed by atoms with Gasteiger partial charge in [-0.15, -0.1) is 0 Å². The van der Waals surface area contributed by atoms with Gasteiger partial charge in [-0.3, -0.25) is 0 Å². The van der Waals surface area contributed by atoms with E-state index in [1.54, 1.807) is 10.7 Å². The largest absolute Gasteiger partial charge is 0.237 e. The molecule has 2 heterocycles. The van der Waals surface area contributed by atoms with Gasteiger partial charge in [0.2, 0.25) is 0 Å². The molecule has 4 heteroatoms. The summed E-state index contributed by atoms with van der Waals surface area (Å²) in [4.78, 5) is 4.27. The summed E-state index contributed by atoms with van der Waals surface area (Å²) in [6, 6.07) is 10.1. The van der Waals surface area contributed by atoms with E-state index in [1.165, 1.54) is 5.56 Å². The summed E-state index contributed by atoms with van der Waals surface area (Å²) < 4.78 is 2.87. The average Bonchev–Trinajstić information content (AvgIpc) is 2.72. The van der Waals surface area contributed by atoms with E-state index in [0.717, 1.165) is 21.4 Å². The van der Waals surface area contributed by atoms with Gasteiger partial charge < -0.3 is 0 Å². The Kier molecular flexibility index (Phi) is 2.44. The van der Waals surface area contributed by atoms with E-state index in [-0.39, 0.29) is 0 Å². The standard InChI is InChI=1S/C13H10BrN3/c1-9-7-10(14)3-4-11(9)12-8-13-15-5-2-6-17(13)16-12/h2-8H,1H3. The summed E-state index contributed by atoms with van der Waals surface area (Å²) in [6.45, 7) is 2.08. The van der Waals surface area contributed by atoms with Crippen molar-refractivity contribution < 1.29 is 0 Å². The van der Waals surface area contributed by atoms with E-state index in [0.29, 0.717) is 0 Å². The lowest BCUT2D eigenvalue weighted by Gasteiger charge is -2.02. The molecule has 0 saturated carbocycles. The molecule has 1 aromatic carbocycles. The minimum absolute atomic E-state index is 0.866. The Morgan fingerprint density at radius 1 is 1.24 bits per heavy atom. The topological polar surface area (TPSA) is 30.2 Å². The van der Waals surface area contributed by atoms with E-state index >= 15 is 0 Å². The van der Waals surface area contributed by atoms with Crippen molar-refractivity contribution in [1.29, 1.82) is 0 Å². The summed E-state index contributed by atoms with van der Waals surface area (Å²) in [5.74, 6) is 0. The Balaban J connectivity index is 2.20. The second-order valence-electron chi connectivity index (χ2n) is 3.91. The Hall–Kier alpha value is -1.68. The average molecular weight is 288 g/mol. The molecular weight excluding hydrogens is 278 g/mol. The van der Waals surface area contributed by atoms with E-state index < -0.39 is 0 Å². The van der Waals surface area contributed by atoms with Crippen LogP contribution in [0.5, 0.6) is 0 Å². The molecule has 2 aromatic heterocycles. The first-order chi connectivity index (χ1) is 8.24. The summed E-state index contributed by atoms with van der Waals surface area (Å²) in [6.07, 6.45) is 3.68. The minimum Gasteiger partial charge on any atom is -0.237 e. The Bertz CT molecular complexity index is 655. The van der Waals surface area contributed by atoms with Crippen molar-refractivity contribution in [2.75, 3.05) is 0 Å². The fourth-order valence-corrected chi connectivity index (χ4v) is 2.35. The van der Waals surface area contributed by atoms with Crippen LogP contribution in [0.3, 0.4) is 0 Å². The SMILES string of the molecule is Cc1cc(Br)ccc1-c1cc2ncccn2n1. The third kappa shape index (κ3) is 1.85. The number of aryl methyl sites for hydroxylation is 1. The quantitative estimate of drug-likeness (QED) is 0.686. The number of rotatable bonds is 1. The molecule has 3 rings (SSSR count).